The van der Waals surface area contributed by atoms with Gasteiger partial charge in [0.1, 0.15) is 11.8 Å². The van der Waals surface area contributed by atoms with Gasteiger partial charge in [0.25, 0.3) is 0 Å². The molecule has 0 aliphatic carbocycles. The minimum atomic E-state index is -1.19. The van der Waals surface area contributed by atoms with Crippen LogP contribution >= 0.6 is 0 Å². The number of carboxylic acids is 1. The summed E-state index contributed by atoms with van der Waals surface area (Å²) < 4.78 is 4.97. The lowest BCUT2D eigenvalue weighted by Gasteiger charge is -2.06. The lowest BCUT2D eigenvalue weighted by molar-refractivity contribution is -0.140. The van der Waals surface area contributed by atoms with Gasteiger partial charge in [0.15, 0.2) is 0 Å². The molecule has 82 valence electrons. The van der Waals surface area contributed by atoms with E-state index in [4.69, 9.17) is 15.3 Å². The molecule has 1 heterocycles. The zero-order chi connectivity index (χ0) is 11.3. The van der Waals surface area contributed by atoms with Crippen molar-refractivity contribution >= 4 is 11.9 Å². The van der Waals surface area contributed by atoms with Crippen LogP contribution in [0.3, 0.4) is 0 Å². The Labute approximate surface area is 86.1 Å². The summed E-state index contributed by atoms with van der Waals surface area (Å²) in [5.41, 5.74) is 5.18. The van der Waals surface area contributed by atoms with Gasteiger partial charge in [0, 0.05) is 0 Å². The third-order valence-corrected chi connectivity index (χ3v) is 1.76. The summed E-state index contributed by atoms with van der Waals surface area (Å²) in [6.07, 6.45) is 1.25. The molecule has 1 rings (SSSR count). The maximum absolute atomic E-state index is 11.2. The van der Waals surface area contributed by atoms with Crippen LogP contribution in [0.1, 0.15) is 12.2 Å². The predicted octanol–water partition coefficient (Wildman–Crippen LogP) is -0.302. The molecule has 1 aromatic heterocycles. The molecule has 1 amide bonds. The molecule has 0 aliphatic rings. The lowest BCUT2D eigenvalue weighted by atomic mass is 10.2. The summed E-state index contributed by atoms with van der Waals surface area (Å²) in [5, 5.41) is 11.0. The first-order valence-corrected chi connectivity index (χ1v) is 4.37. The fraction of sp³-hybridized carbons (Fsp3) is 0.333. The number of carbonyl (C=O) groups is 2. The Morgan fingerprint density at radius 2 is 2.33 bits per heavy atom. The van der Waals surface area contributed by atoms with Crippen LogP contribution in [0.25, 0.3) is 0 Å². The monoisotopic (exact) mass is 212 g/mol. The Bertz CT molecular complexity index is 334. The predicted molar refractivity (Wildman–Crippen MR) is 50.8 cm³/mol. The van der Waals surface area contributed by atoms with Crippen LogP contribution in [-0.2, 0) is 16.1 Å². The molecule has 1 atom stereocenters. The highest BCUT2D eigenvalue weighted by atomic mass is 16.4. The Kier molecular flexibility index (Phi) is 3.87. The zero-order valence-corrected chi connectivity index (χ0v) is 7.97. The Morgan fingerprint density at radius 1 is 1.60 bits per heavy atom. The van der Waals surface area contributed by atoms with Crippen molar-refractivity contribution in [1.29, 1.82) is 0 Å². The van der Waals surface area contributed by atoms with Crippen molar-refractivity contribution in [3.8, 4) is 0 Å². The summed E-state index contributed by atoms with van der Waals surface area (Å²) in [4.78, 5) is 21.5. The molecule has 4 N–H and O–H groups in total. The van der Waals surface area contributed by atoms with Gasteiger partial charge in [0.2, 0.25) is 5.91 Å². The van der Waals surface area contributed by atoms with E-state index in [1.54, 1.807) is 12.1 Å². The van der Waals surface area contributed by atoms with Crippen molar-refractivity contribution in [3.63, 3.8) is 0 Å². The van der Waals surface area contributed by atoms with E-state index in [1.165, 1.54) is 6.26 Å². The van der Waals surface area contributed by atoms with Crippen molar-refractivity contribution in [3.05, 3.63) is 24.2 Å². The number of furan rings is 1. The summed E-state index contributed by atoms with van der Waals surface area (Å²) in [6, 6.07) is 2.24. The molecule has 0 bridgehead atoms. The quantitative estimate of drug-likeness (QED) is 0.621. The molecule has 15 heavy (non-hydrogen) atoms. The van der Waals surface area contributed by atoms with Crippen LogP contribution in [0.4, 0.5) is 0 Å². The second-order valence-corrected chi connectivity index (χ2v) is 3.00. The number of nitrogens with one attached hydrogen (secondary N) is 1. The standard InChI is InChI=1S/C9H12N2O4/c10-7(9(13)14)4-8(12)11-5-6-2-1-3-15-6/h1-3,7H,4-5,10H2,(H,11,12)(H,13,14). The molecule has 1 unspecified atom stereocenters. The smallest absolute Gasteiger partial charge is 0.321 e. The first-order chi connectivity index (χ1) is 7.09. The van der Waals surface area contributed by atoms with Gasteiger partial charge in [0.05, 0.1) is 19.2 Å². The molecule has 0 spiro atoms. The number of carbonyl (C=O) groups excluding carboxylic acids is 1. The molecule has 1 aromatic rings. The van der Waals surface area contributed by atoms with Crippen molar-refractivity contribution in [2.45, 2.75) is 19.0 Å². The fourth-order valence-corrected chi connectivity index (χ4v) is 0.958. The molecule has 6 heteroatoms. The summed E-state index contributed by atoms with van der Waals surface area (Å²) in [7, 11) is 0. The van der Waals surface area contributed by atoms with Crippen LogP contribution in [0, 0.1) is 0 Å². The fourth-order valence-electron chi connectivity index (χ4n) is 0.958. The van der Waals surface area contributed by atoms with Gasteiger partial charge < -0.3 is 20.6 Å². The maximum Gasteiger partial charge on any atom is 0.321 e. The van der Waals surface area contributed by atoms with Gasteiger partial charge in [-0.1, -0.05) is 0 Å². The Balaban J connectivity index is 2.28. The third-order valence-electron chi connectivity index (χ3n) is 1.76. The van der Waals surface area contributed by atoms with E-state index in [1.807, 2.05) is 0 Å². The highest BCUT2D eigenvalue weighted by molar-refractivity contribution is 5.84. The van der Waals surface area contributed by atoms with Crippen LogP contribution < -0.4 is 11.1 Å². The summed E-state index contributed by atoms with van der Waals surface area (Å²) >= 11 is 0. The topological polar surface area (TPSA) is 106 Å². The lowest BCUT2D eigenvalue weighted by Crippen LogP contribution is -2.36. The highest BCUT2D eigenvalue weighted by Gasteiger charge is 2.15. The number of aliphatic carboxylic acids is 1. The summed E-state index contributed by atoms with van der Waals surface area (Å²) in [5.74, 6) is -1.00. The Hall–Kier alpha value is -1.82. The van der Waals surface area contributed by atoms with Crippen LogP contribution in [0.5, 0.6) is 0 Å². The molecular formula is C9H12N2O4. The van der Waals surface area contributed by atoms with Crippen molar-refractivity contribution in [1.82, 2.24) is 5.32 Å². The number of amides is 1. The molecule has 0 aliphatic heterocycles. The SMILES string of the molecule is NC(CC(=O)NCc1ccco1)C(=O)O. The van der Waals surface area contributed by atoms with Crippen LogP contribution in [0.15, 0.2) is 22.8 Å². The third kappa shape index (κ3) is 3.82. The second-order valence-electron chi connectivity index (χ2n) is 3.00. The Morgan fingerprint density at radius 3 is 2.87 bits per heavy atom. The van der Waals surface area contributed by atoms with Crippen LogP contribution in [-0.4, -0.2) is 23.0 Å². The van der Waals surface area contributed by atoms with Gasteiger partial charge >= 0.3 is 5.97 Å². The van der Waals surface area contributed by atoms with E-state index in [-0.39, 0.29) is 13.0 Å². The second kappa shape index (κ2) is 5.16. The molecular weight excluding hydrogens is 200 g/mol. The van der Waals surface area contributed by atoms with Gasteiger partial charge in [-0.3, -0.25) is 9.59 Å². The molecule has 0 saturated heterocycles. The average molecular weight is 212 g/mol. The minimum absolute atomic E-state index is 0.234. The number of hydrogen-bond donors (Lipinski definition) is 3. The first-order valence-electron chi connectivity index (χ1n) is 4.37. The maximum atomic E-state index is 11.2. The largest absolute Gasteiger partial charge is 0.480 e. The number of carboxylic acid groups (broad SMARTS) is 1. The summed E-state index contributed by atoms with van der Waals surface area (Å²) in [6.45, 7) is 0.234. The van der Waals surface area contributed by atoms with Crippen LogP contribution in [0.2, 0.25) is 0 Å². The first kappa shape index (κ1) is 11.3. The van der Waals surface area contributed by atoms with Gasteiger partial charge in [-0.2, -0.15) is 0 Å². The molecule has 6 nitrogen and oxygen atoms in total. The van der Waals surface area contributed by atoms with E-state index < -0.39 is 17.9 Å². The highest BCUT2D eigenvalue weighted by Crippen LogP contribution is 1.99. The van der Waals surface area contributed by atoms with Crippen molar-refractivity contribution in [2.24, 2.45) is 5.73 Å². The normalized spacial score (nSPS) is 12.1. The minimum Gasteiger partial charge on any atom is -0.480 e. The number of hydrogen-bond acceptors (Lipinski definition) is 4. The van der Waals surface area contributed by atoms with Crippen molar-refractivity contribution in [2.75, 3.05) is 0 Å². The number of rotatable bonds is 5. The number of nitrogens with two attached hydrogens (primary N) is 1. The average Bonchev–Trinajstić information content (AvgIpc) is 2.66. The van der Waals surface area contributed by atoms with E-state index in [0.717, 1.165) is 0 Å². The van der Waals surface area contributed by atoms with E-state index >= 15 is 0 Å². The molecule has 0 aromatic carbocycles. The van der Waals surface area contributed by atoms with Gasteiger partial charge in [-0.15, -0.1) is 0 Å². The van der Waals surface area contributed by atoms with Gasteiger partial charge in [-0.05, 0) is 12.1 Å². The van der Waals surface area contributed by atoms with E-state index in [0.29, 0.717) is 5.76 Å². The van der Waals surface area contributed by atoms with Gasteiger partial charge in [-0.25, -0.2) is 0 Å². The molecule has 0 radical (unpaired) electrons. The van der Waals surface area contributed by atoms with Crippen molar-refractivity contribution < 1.29 is 19.1 Å². The molecule has 0 fully saturated rings. The van der Waals surface area contributed by atoms with E-state index in [9.17, 15) is 9.59 Å². The molecule has 0 saturated carbocycles. The zero-order valence-electron chi connectivity index (χ0n) is 7.97. The van der Waals surface area contributed by atoms with E-state index in [2.05, 4.69) is 5.32 Å².